The van der Waals surface area contributed by atoms with Gasteiger partial charge in [0.1, 0.15) is 5.82 Å². The Morgan fingerprint density at radius 3 is 3.05 bits per heavy atom. The average Bonchev–Trinajstić information content (AvgIpc) is 2.92. The molecule has 1 heterocycles. The first-order chi connectivity index (χ1) is 9.25. The number of benzene rings is 1. The second-order valence-corrected chi connectivity index (χ2v) is 4.24. The van der Waals surface area contributed by atoms with Crippen molar-refractivity contribution in [3.63, 3.8) is 0 Å². The van der Waals surface area contributed by atoms with Gasteiger partial charge in [-0.2, -0.15) is 0 Å². The number of H-pyrrole nitrogens is 1. The quantitative estimate of drug-likeness (QED) is 0.453. The first kappa shape index (κ1) is 13.2. The van der Waals surface area contributed by atoms with Gasteiger partial charge in [0.25, 0.3) is 5.69 Å². The van der Waals surface area contributed by atoms with E-state index in [-0.39, 0.29) is 10.6 Å². The third-order valence-corrected chi connectivity index (χ3v) is 2.77. The van der Waals surface area contributed by atoms with Crippen LogP contribution in [-0.4, -0.2) is 21.4 Å². The predicted octanol–water partition coefficient (Wildman–Crippen LogP) is 2.04. The minimum Gasteiger partial charge on any atom is -0.349 e. The van der Waals surface area contributed by atoms with Gasteiger partial charge in [0.15, 0.2) is 0 Å². The Morgan fingerprint density at radius 2 is 2.32 bits per heavy atom. The van der Waals surface area contributed by atoms with Crippen molar-refractivity contribution in [3.05, 3.63) is 58.2 Å². The molecule has 0 aliphatic rings. The summed E-state index contributed by atoms with van der Waals surface area (Å²) in [5, 5.41) is 13.9. The van der Waals surface area contributed by atoms with Crippen LogP contribution in [0.2, 0.25) is 0 Å². The number of rotatable bonds is 7. The van der Waals surface area contributed by atoms with E-state index in [1.807, 2.05) is 12.3 Å². The third-order valence-electron chi connectivity index (χ3n) is 2.77. The number of nitro benzene ring substituents is 1. The Balaban J connectivity index is 1.70. The summed E-state index contributed by atoms with van der Waals surface area (Å²) in [6, 6.07) is 6.68. The lowest BCUT2D eigenvalue weighted by molar-refractivity contribution is -0.384. The van der Waals surface area contributed by atoms with Crippen molar-refractivity contribution in [1.29, 1.82) is 0 Å². The normalized spacial score (nSPS) is 10.5. The number of nitrogens with one attached hydrogen (secondary N) is 2. The number of nitrogens with zero attached hydrogens (tertiary/aromatic N) is 2. The monoisotopic (exact) mass is 260 g/mol. The van der Waals surface area contributed by atoms with Gasteiger partial charge in [-0.15, -0.1) is 0 Å². The van der Waals surface area contributed by atoms with Gasteiger partial charge in [-0.25, -0.2) is 4.98 Å². The van der Waals surface area contributed by atoms with E-state index in [9.17, 15) is 10.1 Å². The maximum atomic E-state index is 10.6. The molecule has 0 radical (unpaired) electrons. The van der Waals surface area contributed by atoms with E-state index in [2.05, 4.69) is 15.3 Å². The molecule has 6 nitrogen and oxygen atoms in total. The van der Waals surface area contributed by atoms with Gasteiger partial charge in [-0.1, -0.05) is 12.1 Å². The molecule has 2 N–H and O–H groups in total. The maximum absolute atomic E-state index is 10.6. The molecule has 0 spiro atoms. The van der Waals surface area contributed by atoms with Crippen LogP contribution in [0.4, 0.5) is 5.69 Å². The fraction of sp³-hybridized carbons (Fsp3) is 0.308. The Hall–Kier alpha value is -2.21. The smallest absolute Gasteiger partial charge is 0.269 e. The summed E-state index contributed by atoms with van der Waals surface area (Å²) in [5.74, 6) is 0.983. The molecule has 0 aliphatic carbocycles. The molecule has 0 bridgehead atoms. The first-order valence-corrected chi connectivity index (χ1v) is 6.18. The molecule has 0 fully saturated rings. The Bertz CT molecular complexity index is 525. The van der Waals surface area contributed by atoms with Gasteiger partial charge >= 0.3 is 0 Å². The topological polar surface area (TPSA) is 83.8 Å². The van der Waals surface area contributed by atoms with E-state index in [1.165, 1.54) is 6.07 Å². The van der Waals surface area contributed by atoms with E-state index in [0.29, 0.717) is 6.54 Å². The zero-order chi connectivity index (χ0) is 13.5. The number of aryl methyl sites for hydroxylation is 1. The number of non-ortho nitro benzene ring substituents is 1. The number of imidazole rings is 1. The molecule has 0 amide bonds. The minimum absolute atomic E-state index is 0.134. The molecule has 1 aromatic heterocycles. The molecule has 0 aliphatic heterocycles. The average molecular weight is 260 g/mol. The van der Waals surface area contributed by atoms with Crippen LogP contribution in [0.1, 0.15) is 17.8 Å². The third kappa shape index (κ3) is 4.18. The van der Waals surface area contributed by atoms with Crippen molar-refractivity contribution in [2.45, 2.75) is 19.4 Å². The largest absolute Gasteiger partial charge is 0.349 e. The van der Waals surface area contributed by atoms with Gasteiger partial charge in [0.05, 0.1) is 4.92 Å². The SMILES string of the molecule is O=[N+]([O-])c1cccc(CNCCCc2ncc[nH]2)c1. The number of nitro groups is 1. The standard InChI is InChI=1S/C13H16N4O2/c18-17(19)12-4-1-3-11(9-12)10-14-6-2-5-13-15-7-8-16-13/h1,3-4,7-9,14H,2,5-6,10H2,(H,15,16). The summed E-state index contributed by atoms with van der Waals surface area (Å²) in [6.07, 6.45) is 5.43. The molecule has 1 aromatic carbocycles. The Kier molecular flexibility index (Phi) is 4.63. The number of hydrogen-bond donors (Lipinski definition) is 2. The van der Waals surface area contributed by atoms with E-state index in [1.54, 1.807) is 18.3 Å². The van der Waals surface area contributed by atoms with Crippen LogP contribution in [0, 0.1) is 10.1 Å². The van der Waals surface area contributed by atoms with Crippen LogP contribution in [0.3, 0.4) is 0 Å². The molecule has 0 saturated heterocycles. The number of hydrogen-bond acceptors (Lipinski definition) is 4. The highest BCUT2D eigenvalue weighted by atomic mass is 16.6. The number of aromatic nitrogens is 2. The fourth-order valence-electron chi connectivity index (χ4n) is 1.83. The zero-order valence-electron chi connectivity index (χ0n) is 10.5. The molecular formula is C13H16N4O2. The summed E-state index contributed by atoms with van der Waals surface area (Å²) in [5.41, 5.74) is 1.06. The first-order valence-electron chi connectivity index (χ1n) is 6.18. The van der Waals surface area contributed by atoms with Crippen molar-refractivity contribution in [3.8, 4) is 0 Å². The van der Waals surface area contributed by atoms with Gasteiger partial charge in [0.2, 0.25) is 0 Å². The van der Waals surface area contributed by atoms with Crippen LogP contribution < -0.4 is 5.32 Å². The van der Waals surface area contributed by atoms with Crippen molar-refractivity contribution in [1.82, 2.24) is 15.3 Å². The van der Waals surface area contributed by atoms with Crippen LogP contribution in [-0.2, 0) is 13.0 Å². The van der Waals surface area contributed by atoms with Gasteiger partial charge in [-0.05, 0) is 18.5 Å². The molecule has 2 aromatic rings. The van der Waals surface area contributed by atoms with Crippen LogP contribution in [0.5, 0.6) is 0 Å². The summed E-state index contributed by atoms with van der Waals surface area (Å²) in [4.78, 5) is 17.5. The summed E-state index contributed by atoms with van der Waals surface area (Å²) >= 11 is 0. The summed E-state index contributed by atoms with van der Waals surface area (Å²) < 4.78 is 0. The zero-order valence-corrected chi connectivity index (χ0v) is 10.5. The van der Waals surface area contributed by atoms with Crippen molar-refractivity contribution < 1.29 is 4.92 Å². The van der Waals surface area contributed by atoms with Crippen LogP contribution in [0.25, 0.3) is 0 Å². The molecule has 0 unspecified atom stereocenters. The van der Waals surface area contributed by atoms with Crippen LogP contribution in [0.15, 0.2) is 36.7 Å². The highest BCUT2D eigenvalue weighted by Crippen LogP contribution is 2.12. The molecule has 19 heavy (non-hydrogen) atoms. The second kappa shape index (κ2) is 6.65. The second-order valence-electron chi connectivity index (χ2n) is 4.24. The maximum Gasteiger partial charge on any atom is 0.269 e. The summed E-state index contributed by atoms with van der Waals surface area (Å²) in [6.45, 7) is 1.49. The lowest BCUT2D eigenvalue weighted by Gasteiger charge is -2.04. The van der Waals surface area contributed by atoms with Crippen molar-refractivity contribution >= 4 is 5.69 Å². The lowest BCUT2D eigenvalue weighted by atomic mass is 10.2. The van der Waals surface area contributed by atoms with Gasteiger partial charge in [-0.3, -0.25) is 10.1 Å². The van der Waals surface area contributed by atoms with E-state index < -0.39 is 0 Å². The lowest BCUT2D eigenvalue weighted by Crippen LogP contribution is -2.15. The van der Waals surface area contributed by atoms with Crippen molar-refractivity contribution in [2.75, 3.05) is 6.54 Å². The molecular weight excluding hydrogens is 244 g/mol. The molecule has 6 heteroatoms. The van der Waals surface area contributed by atoms with Crippen molar-refractivity contribution in [2.24, 2.45) is 0 Å². The Morgan fingerprint density at radius 1 is 1.42 bits per heavy atom. The minimum atomic E-state index is -0.375. The van der Waals surface area contributed by atoms with Crippen LogP contribution >= 0.6 is 0 Å². The highest BCUT2D eigenvalue weighted by Gasteiger charge is 2.04. The highest BCUT2D eigenvalue weighted by molar-refractivity contribution is 5.34. The fourth-order valence-corrected chi connectivity index (χ4v) is 1.83. The molecule has 0 atom stereocenters. The van der Waals surface area contributed by atoms with E-state index in [0.717, 1.165) is 30.8 Å². The molecule has 100 valence electrons. The predicted molar refractivity (Wildman–Crippen MR) is 71.7 cm³/mol. The van der Waals surface area contributed by atoms with Gasteiger partial charge < -0.3 is 10.3 Å². The Labute approximate surface area is 111 Å². The van der Waals surface area contributed by atoms with Gasteiger partial charge in [0, 0.05) is 37.5 Å². The molecule has 2 rings (SSSR count). The van der Waals surface area contributed by atoms with E-state index >= 15 is 0 Å². The summed E-state index contributed by atoms with van der Waals surface area (Å²) in [7, 11) is 0. The number of aromatic amines is 1. The van der Waals surface area contributed by atoms with E-state index in [4.69, 9.17) is 0 Å². The molecule has 0 saturated carbocycles.